The zero-order chi connectivity index (χ0) is 19.0. The Kier molecular flexibility index (Phi) is 6.41. The number of benzene rings is 3. The third-order valence-electron chi connectivity index (χ3n) is 5.85. The average Bonchev–Trinajstić information content (AvgIpc) is 2.77. The molecule has 2 nitrogen and oxygen atoms in total. The van der Waals surface area contributed by atoms with Crippen LogP contribution in [0.5, 0.6) is 0 Å². The van der Waals surface area contributed by atoms with Crippen LogP contribution in [0.4, 0.5) is 11.4 Å². The van der Waals surface area contributed by atoms with Gasteiger partial charge in [-0.25, -0.2) is 0 Å². The quantitative estimate of drug-likeness (QED) is 0.494. The van der Waals surface area contributed by atoms with Crippen LogP contribution < -0.4 is 4.90 Å². The second kappa shape index (κ2) is 9.57. The van der Waals surface area contributed by atoms with Gasteiger partial charge in [-0.1, -0.05) is 66.7 Å². The molecule has 3 aromatic carbocycles. The molecular weight excluding hydrogens is 340 g/mol. The van der Waals surface area contributed by atoms with Crippen LogP contribution in [0.3, 0.4) is 0 Å². The Labute approximate surface area is 169 Å². The summed E-state index contributed by atoms with van der Waals surface area (Å²) < 4.78 is 0. The molecule has 1 heterocycles. The van der Waals surface area contributed by atoms with Crippen molar-refractivity contribution in [3.05, 3.63) is 96.6 Å². The first kappa shape index (κ1) is 18.8. The van der Waals surface area contributed by atoms with Gasteiger partial charge in [-0.2, -0.15) is 0 Å². The van der Waals surface area contributed by atoms with E-state index in [0.29, 0.717) is 0 Å². The van der Waals surface area contributed by atoms with Crippen LogP contribution >= 0.6 is 0 Å². The molecule has 1 saturated heterocycles. The van der Waals surface area contributed by atoms with Crippen molar-refractivity contribution in [2.75, 3.05) is 24.5 Å². The molecule has 4 rings (SSSR count). The molecule has 0 N–H and O–H groups in total. The van der Waals surface area contributed by atoms with Crippen LogP contribution in [0.1, 0.15) is 24.8 Å². The van der Waals surface area contributed by atoms with E-state index in [2.05, 4.69) is 101 Å². The number of piperidine rings is 1. The Bertz CT molecular complexity index is 769. The van der Waals surface area contributed by atoms with E-state index in [9.17, 15) is 0 Å². The van der Waals surface area contributed by atoms with Crippen molar-refractivity contribution in [2.24, 2.45) is 5.92 Å². The monoisotopic (exact) mass is 370 g/mol. The highest BCUT2D eigenvalue weighted by Gasteiger charge is 2.20. The summed E-state index contributed by atoms with van der Waals surface area (Å²) in [5.74, 6) is 0.821. The molecule has 0 radical (unpaired) electrons. The fourth-order valence-corrected chi connectivity index (χ4v) is 4.21. The third-order valence-corrected chi connectivity index (χ3v) is 5.85. The lowest BCUT2D eigenvalue weighted by Crippen LogP contribution is -2.34. The molecule has 0 atom stereocenters. The minimum absolute atomic E-state index is 0.821. The van der Waals surface area contributed by atoms with Gasteiger partial charge in [0.05, 0.1) is 0 Å². The van der Waals surface area contributed by atoms with Crippen LogP contribution in [-0.2, 0) is 6.54 Å². The summed E-state index contributed by atoms with van der Waals surface area (Å²) in [6.45, 7) is 4.61. The van der Waals surface area contributed by atoms with Crippen molar-refractivity contribution >= 4 is 11.4 Å². The summed E-state index contributed by atoms with van der Waals surface area (Å²) in [6.07, 6.45) is 3.87. The Morgan fingerprint density at radius 3 is 1.71 bits per heavy atom. The summed E-state index contributed by atoms with van der Waals surface area (Å²) in [6, 6.07) is 32.4. The Balaban J connectivity index is 1.33. The van der Waals surface area contributed by atoms with E-state index in [-0.39, 0.29) is 0 Å². The number of hydrogen-bond donors (Lipinski definition) is 0. The lowest BCUT2D eigenvalue weighted by Gasteiger charge is -2.33. The Morgan fingerprint density at radius 2 is 1.18 bits per heavy atom. The van der Waals surface area contributed by atoms with Gasteiger partial charge in [-0.15, -0.1) is 0 Å². The Hall–Kier alpha value is -2.58. The van der Waals surface area contributed by atoms with Crippen molar-refractivity contribution < 1.29 is 0 Å². The van der Waals surface area contributed by atoms with Crippen LogP contribution in [-0.4, -0.2) is 24.5 Å². The number of hydrogen-bond acceptors (Lipinski definition) is 2. The maximum absolute atomic E-state index is 2.61. The van der Waals surface area contributed by atoms with Gasteiger partial charge in [0.15, 0.2) is 0 Å². The smallest absolute Gasteiger partial charge is 0.0410 e. The van der Waals surface area contributed by atoms with Gasteiger partial charge in [0.25, 0.3) is 0 Å². The normalized spacial score (nSPS) is 15.4. The van der Waals surface area contributed by atoms with Crippen LogP contribution in [0.15, 0.2) is 91.0 Å². The van der Waals surface area contributed by atoms with Gasteiger partial charge < -0.3 is 4.90 Å². The summed E-state index contributed by atoms with van der Waals surface area (Å²) in [4.78, 5) is 5.08. The highest BCUT2D eigenvalue weighted by molar-refractivity contribution is 5.62. The van der Waals surface area contributed by atoms with E-state index >= 15 is 0 Å². The maximum Gasteiger partial charge on any atom is 0.0410 e. The second-order valence-electron chi connectivity index (χ2n) is 7.82. The van der Waals surface area contributed by atoms with Crippen LogP contribution in [0.2, 0.25) is 0 Å². The molecule has 28 heavy (non-hydrogen) atoms. The molecule has 3 aromatic rings. The van der Waals surface area contributed by atoms with E-state index in [0.717, 1.165) is 19.0 Å². The molecule has 0 saturated carbocycles. The second-order valence-corrected chi connectivity index (χ2v) is 7.82. The molecule has 144 valence electrons. The maximum atomic E-state index is 2.61. The van der Waals surface area contributed by atoms with E-state index in [1.54, 1.807) is 0 Å². The molecule has 0 aliphatic carbocycles. The van der Waals surface area contributed by atoms with Gasteiger partial charge in [-0.05, 0) is 68.1 Å². The lowest BCUT2D eigenvalue weighted by molar-refractivity contribution is 0.173. The van der Waals surface area contributed by atoms with E-state index in [1.807, 2.05) is 0 Å². The largest absolute Gasteiger partial charge is 0.341 e. The van der Waals surface area contributed by atoms with Crippen LogP contribution in [0, 0.1) is 5.92 Å². The molecule has 1 fully saturated rings. The molecule has 0 unspecified atom stereocenters. The SMILES string of the molecule is c1ccc(CN2CCC(CCN(c3ccccc3)c3ccccc3)CC2)cc1. The Morgan fingerprint density at radius 1 is 0.679 bits per heavy atom. The highest BCUT2D eigenvalue weighted by atomic mass is 15.1. The fourth-order valence-electron chi connectivity index (χ4n) is 4.21. The van der Waals surface area contributed by atoms with Gasteiger partial charge in [-0.3, -0.25) is 4.90 Å². The highest BCUT2D eigenvalue weighted by Crippen LogP contribution is 2.28. The summed E-state index contributed by atoms with van der Waals surface area (Å²) in [7, 11) is 0. The number of nitrogens with zero attached hydrogens (tertiary/aromatic N) is 2. The third kappa shape index (κ3) is 5.02. The van der Waals surface area contributed by atoms with E-state index < -0.39 is 0 Å². The number of para-hydroxylation sites is 2. The van der Waals surface area contributed by atoms with Gasteiger partial charge in [0.2, 0.25) is 0 Å². The molecule has 2 heteroatoms. The number of rotatable bonds is 7. The molecule has 1 aliphatic heterocycles. The molecule has 0 spiro atoms. The van der Waals surface area contributed by atoms with E-state index in [4.69, 9.17) is 0 Å². The lowest BCUT2D eigenvalue weighted by atomic mass is 9.93. The molecule has 1 aliphatic rings. The predicted octanol–water partition coefficient (Wildman–Crippen LogP) is 6.13. The van der Waals surface area contributed by atoms with Crippen LogP contribution in [0.25, 0.3) is 0 Å². The predicted molar refractivity (Wildman–Crippen MR) is 119 cm³/mol. The standard InChI is InChI=1S/C26H30N2/c1-4-10-24(11-5-1)22-27-19-16-23(17-20-27)18-21-28(25-12-6-2-7-13-25)26-14-8-3-9-15-26/h1-15,23H,16-22H2. The van der Waals surface area contributed by atoms with Crippen molar-refractivity contribution in [3.63, 3.8) is 0 Å². The van der Waals surface area contributed by atoms with Gasteiger partial charge in [0.1, 0.15) is 0 Å². The molecule has 0 bridgehead atoms. The summed E-state index contributed by atoms with van der Waals surface area (Å²) in [5.41, 5.74) is 4.01. The summed E-state index contributed by atoms with van der Waals surface area (Å²) in [5, 5.41) is 0. The minimum Gasteiger partial charge on any atom is -0.341 e. The molecule has 0 amide bonds. The first-order chi connectivity index (χ1) is 13.9. The molecule has 0 aromatic heterocycles. The zero-order valence-corrected chi connectivity index (χ0v) is 16.6. The van der Waals surface area contributed by atoms with Crippen molar-refractivity contribution in [2.45, 2.75) is 25.8 Å². The number of likely N-dealkylation sites (tertiary alicyclic amines) is 1. The van der Waals surface area contributed by atoms with Gasteiger partial charge in [0, 0.05) is 24.5 Å². The zero-order valence-electron chi connectivity index (χ0n) is 16.6. The van der Waals surface area contributed by atoms with Crippen molar-refractivity contribution in [1.29, 1.82) is 0 Å². The molecular formula is C26H30N2. The van der Waals surface area contributed by atoms with Crippen molar-refractivity contribution in [3.8, 4) is 0 Å². The fraction of sp³-hybridized carbons (Fsp3) is 0.308. The van der Waals surface area contributed by atoms with Gasteiger partial charge >= 0.3 is 0 Å². The van der Waals surface area contributed by atoms with Crippen molar-refractivity contribution in [1.82, 2.24) is 4.90 Å². The topological polar surface area (TPSA) is 6.48 Å². The first-order valence-corrected chi connectivity index (χ1v) is 10.5. The minimum atomic E-state index is 0.821. The summed E-state index contributed by atoms with van der Waals surface area (Å²) >= 11 is 0. The average molecular weight is 371 g/mol. The number of anilines is 2. The van der Waals surface area contributed by atoms with E-state index in [1.165, 1.54) is 49.3 Å². The first-order valence-electron chi connectivity index (χ1n) is 10.5.